The van der Waals surface area contributed by atoms with Gasteiger partial charge in [0.05, 0.1) is 0 Å². The number of hydrogen-bond acceptors (Lipinski definition) is 3. The molecular formula is C16H24ClN3. The Hall–Kier alpha value is -0.610. The van der Waals surface area contributed by atoms with Gasteiger partial charge in [0.1, 0.15) is 0 Å². The summed E-state index contributed by atoms with van der Waals surface area (Å²) in [5, 5.41) is 0.813. The Bertz CT molecular complexity index is 479. The van der Waals surface area contributed by atoms with E-state index in [4.69, 9.17) is 17.3 Å². The Labute approximate surface area is 126 Å². The second kappa shape index (κ2) is 5.64. The van der Waals surface area contributed by atoms with E-state index >= 15 is 0 Å². The van der Waals surface area contributed by atoms with E-state index in [0.717, 1.165) is 18.1 Å². The predicted octanol–water partition coefficient (Wildman–Crippen LogP) is 2.19. The summed E-state index contributed by atoms with van der Waals surface area (Å²) in [6.07, 6.45) is 2.47. The molecular weight excluding hydrogens is 270 g/mol. The van der Waals surface area contributed by atoms with E-state index in [-0.39, 0.29) is 5.54 Å². The third kappa shape index (κ3) is 2.48. The number of nitrogens with two attached hydrogens (primary N) is 1. The van der Waals surface area contributed by atoms with Gasteiger partial charge in [-0.25, -0.2) is 0 Å². The molecule has 2 aliphatic rings. The van der Waals surface area contributed by atoms with Crippen molar-refractivity contribution in [2.24, 2.45) is 11.7 Å². The van der Waals surface area contributed by atoms with Crippen LogP contribution in [0.4, 0.5) is 0 Å². The van der Waals surface area contributed by atoms with E-state index in [0.29, 0.717) is 5.92 Å². The van der Waals surface area contributed by atoms with Crippen LogP contribution in [0, 0.1) is 5.92 Å². The number of likely N-dealkylation sites (N-methyl/N-ethyl adjacent to an activating group) is 1. The molecule has 2 heterocycles. The average Bonchev–Trinajstić information content (AvgIpc) is 2.83. The minimum absolute atomic E-state index is 0.162. The van der Waals surface area contributed by atoms with E-state index < -0.39 is 0 Å². The van der Waals surface area contributed by atoms with Gasteiger partial charge in [-0.3, -0.25) is 4.90 Å². The molecule has 0 aromatic heterocycles. The molecule has 1 aromatic carbocycles. The Balaban J connectivity index is 1.78. The zero-order chi connectivity index (χ0) is 14.2. The van der Waals surface area contributed by atoms with Crippen molar-refractivity contribution < 1.29 is 0 Å². The molecule has 2 N–H and O–H groups in total. The van der Waals surface area contributed by atoms with Crippen molar-refractivity contribution in [2.75, 3.05) is 33.2 Å². The molecule has 3 nitrogen and oxygen atoms in total. The second-order valence-corrected chi connectivity index (χ2v) is 6.77. The number of piperidine rings is 1. The van der Waals surface area contributed by atoms with Crippen molar-refractivity contribution in [1.29, 1.82) is 0 Å². The van der Waals surface area contributed by atoms with Gasteiger partial charge in [0.2, 0.25) is 0 Å². The number of fused-ring (bicyclic) bond motifs is 2. The Morgan fingerprint density at radius 2 is 2.30 bits per heavy atom. The van der Waals surface area contributed by atoms with Gasteiger partial charge in [0.25, 0.3) is 0 Å². The van der Waals surface area contributed by atoms with Gasteiger partial charge in [0.15, 0.2) is 0 Å². The van der Waals surface area contributed by atoms with Gasteiger partial charge >= 0.3 is 0 Å². The summed E-state index contributed by atoms with van der Waals surface area (Å²) in [4.78, 5) is 5.05. The molecule has 110 valence electrons. The molecule has 3 rings (SSSR count). The summed E-state index contributed by atoms with van der Waals surface area (Å²) in [5.74, 6) is 0.713. The maximum Gasteiger partial charge on any atom is 0.0409 e. The molecule has 0 radical (unpaired) electrons. The lowest BCUT2D eigenvalue weighted by Crippen LogP contribution is -2.60. The number of rotatable bonds is 4. The normalized spacial score (nSPS) is 32.8. The predicted molar refractivity (Wildman–Crippen MR) is 83.9 cm³/mol. The molecule has 0 spiro atoms. The van der Waals surface area contributed by atoms with E-state index in [2.05, 4.69) is 29.0 Å². The zero-order valence-electron chi connectivity index (χ0n) is 12.2. The van der Waals surface area contributed by atoms with Crippen LogP contribution >= 0.6 is 11.6 Å². The molecule has 2 aliphatic heterocycles. The molecule has 2 saturated heterocycles. The first-order valence-electron chi connectivity index (χ1n) is 7.52. The highest BCUT2D eigenvalue weighted by atomic mass is 35.5. The molecule has 0 amide bonds. The molecule has 0 saturated carbocycles. The van der Waals surface area contributed by atoms with Crippen molar-refractivity contribution in [3.63, 3.8) is 0 Å². The lowest BCUT2D eigenvalue weighted by atomic mass is 9.77. The highest BCUT2D eigenvalue weighted by Crippen LogP contribution is 2.39. The first-order valence-corrected chi connectivity index (χ1v) is 7.90. The second-order valence-electron chi connectivity index (χ2n) is 6.33. The minimum atomic E-state index is 0.162. The first-order chi connectivity index (χ1) is 9.64. The van der Waals surface area contributed by atoms with Crippen molar-refractivity contribution in [1.82, 2.24) is 9.80 Å². The lowest BCUT2D eigenvalue weighted by Gasteiger charge is -2.48. The van der Waals surface area contributed by atoms with E-state index in [1.807, 2.05) is 12.1 Å². The molecule has 3 unspecified atom stereocenters. The number of benzene rings is 1. The van der Waals surface area contributed by atoms with Crippen molar-refractivity contribution >= 4 is 11.6 Å². The summed E-state index contributed by atoms with van der Waals surface area (Å²) in [5.41, 5.74) is 7.65. The fraction of sp³-hybridized carbons (Fsp3) is 0.625. The van der Waals surface area contributed by atoms with E-state index in [9.17, 15) is 0 Å². The zero-order valence-corrected chi connectivity index (χ0v) is 12.9. The smallest absolute Gasteiger partial charge is 0.0409 e. The molecule has 3 atom stereocenters. The van der Waals surface area contributed by atoms with Gasteiger partial charge in [-0.2, -0.15) is 0 Å². The maximum atomic E-state index is 6.22. The number of nitrogens with zero attached hydrogens (tertiary/aromatic N) is 2. The molecule has 2 fully saturated rings. The summed E-state index contributed by atoms with van der Waals surface area (Å²) in [7, 11) is 2.22. The van der Waals surface area contributed by atoms with Gasteiger partial charge in [-0.15, -0.1) is 0 Å². The van der Waals surface area contributed by atoms with Crippen LogP contribution in [0.25, 0.3) is 0 Å². The van der Waals surface area contributed by atoms with Crippen LogP contribution in [0.2, 0.25) is 5.02 Å². The van der Waals surface area contributed by atoms with E-state index in [1.54, 1.807) is 0 Å². The molecule has 20 heavy (non-hydrogen) atoms. The Morgan fingerprint density at radius 1 is 1.45 bits per heavy atom. The highest BCUT2D eigenvalue weighted by Gasteiger charge is 2.47. The summed E-state index contributed by atoms with van der Waals surface area (Å²) in [6, 6.07) is 8.17. The van der Waals surface area contributed by atoms with Gasteiger partial charge in [0, 0.05) is 30.2 Å². The topological polar surface area (TPSA) is 32.5 Å². The maximum absolute atomic E-state index is 6.22. The molecule has 4 heteroatoms. The Kier molecular flexibility index (Phi) is 4.04. The SMILES string of the molecule is CN(Cc1cccc(Cl)c1)C1(CN)CCN2CCC1C2. The fourth-order valence-corrected chi connectivity index (χ4v) is 4.24. The third-order valence-corrected chi connectivity index (χ3v) is 5.55. The third-order valence-electron chi connectivity index (χ3n) is 5.32. The van der Waals surface area contributed by atoms with Crippen LogP contribution in [0.1, 0.15) is 18.4 Å². The minimum Gasteiger partial charge on any atom is -0.329 e. The van der Waals surface area contributed by atoms with Crippen molar-refractivity contribution in [3.8, 4) is 0 Å². The standard InChI is InChI=1S/C16H24ClN3/c1-19(10-13-3-2-4-15(17)9-13)16(12-18)6-8-20-7-5-14(16)11-20/h2-4,9,14H,5-8,10-12,18H2,1H3. The van der Waals surface area contributed by atoms with Crippen molar-refractivity contribution in [3.05, 3.63) is 34.9 Å². The molecule has 0 aliphatic carbocycles. The van der Waals surface area contributed by atoms with Crippen LogP contribution in [0.15, 0.2) is 24.3 Å². The number of halogens is 1. The van der Waals surface area contributed by atoms with Gasteiger partial charge < -0.3 is 10.6 Å². The highest BCUT2D eigenvalue weighted by molar-refractivity contribution is 6.30. The molecule has 1 aromatic rings. The van der Waals surface area contributed by atoms with E-state index in [1.165, 1.54) is 38.0 Å². The van der Waals surface area contributed by atoms with Crippen LogP contribution < -0.4 is 5.73 Å². The van der Waals surface area contributed by atoms with Gasteiger partial charge in [-0.05, 0) is 56.6 Å². The van der Waals surface area contributed by atoms with Crippen LogP contribution in [0.3, 0.4) is 0 Å². The van der Waals surface area contributed by atoms with Crippen LogP contribution in [-0.4, -0.2) is 48.6 Å². The quantitative estimate of drug-likeness (QED) is 0.924. The average molecular weight is 294 g/mol. The summed E-state index contributed by atoms with van der Waals surface area (Å²) in [6.45, 7) is 5.33. The first kappa shape index (κ1) is 14.3. The monoisotopic (exact) mass is 293 g/mol. The lowest BCUT2D eigenvalue weighted by molar-refractivity contribution is 0.0212. The van der Waals surface area contributed by atoms with Crippen LogP contribution in [-0.2, 0) is 6.54 Å². The van der Waals surface area contributed by atoms with Gasteiger partial charge in [-0.1, -0.05) is 23.7 Å². The van der Waals surface area contributed by atoms with Crippen molar-refractivity contribution in [2.45, 2.75) is 24.9 Å². The fourth-order valence-electron chi connectivity index (χ4n) is 4.02. The summed E-state index contributed by atoms with van der Waals surface area (Å²) >= 11 is 6.10. The summed E-state index contributed by atoms with van der Waals surface area (Å²) < 4.78 is 0. The number of hydrogen-bond donors (Lipinski definition) is 1. The molecule has 2 bridgehead atoms. The Morgan fingerprint density at radius 3 is 3.05 bits per heavy atom. The largest absolute Gasteiger partial charge is 0.329 e. The van der Waals surface area contributed by atoms with Crippen LogP contribution in [0.5, 0.6) is 0 Å².